The maximum absolute atomic E-state index is 9.42. The predicted molar refractivity (Wildman–Crippen MR) is 56.2 cm³/mol. The van der Waals surface area contributed by atoms with Gasteiger partial charge in [0.15, 0.2) is 11.5 Å². The molecule has 0 atom stereocenters. The molecule has 0 amide bonds. The minimum atomic E-state index is -0.494. The number of phenols is 3. The van der Waals surface area contributed by atoms with Crippen molar-refractivity contribution in [2.75, 3.05) is 0 Å². The number of halogens is 2. The highest BCUT2D eigenvalue weighted by molar-refractivity contribution is 9.13. The molecule has 0 bridgehead atoms. The monoisotopic (exact) mass is 310 g/mol. The molecular formula is C8H8Br2O3. The lowest BCUT2D eigenvalue weighted by atomic mass is 10.1. The minimum Gasteiger partial charge on any atom is -0.504 e. The lowest BCUT2D eigenvalue weighted by Gasteiger charge is -2.10. The summed E-state index contributed by atoms with van der Waals surface area (Å²) in [4.78, 5) is 0. The zero-order chi connectivity index (χ0) is 10.2. The standard InChI is InChI=1S/C8H8Br2O3/c1-2-3-4(9)5(10)7(12)8(13)6(3)11/h11-13H,2H2,1H3. The molecule has 0 aliphatic carbocycles. The van der Waals surface area contributed by atoms with Gasteiger partial charge in [0.2, 0.25) is 5.75 Å². The fraction of sp³-hybridized carbons (Fsp3) is 0.250. The lowest BCUT2D eigenvalue weighted by Crippen LogP contribution is -1.87. The second-order valence-corrected chi connectivity index (χ2v) is 4.09. The molecular weight excluding hydrogens is 304 g/mol. The van der Waals surface area contributed by atoms with Crippen LogP contribution in [0, 0.1) is 0 Å². The molecule has 0 radical (unpaired) electrons. The van der Waals surface area contributed by atoms with Gasteiger partial charge < -0.3 is 15.3 Å². The summed E-state index contributed by atoms with van der Waals surface area (Å²) >= 11 is 6.29. The number of aromatic hydroxyl groups is 3. The number of hydrogen-bond donors (Lipinski definition) is 3. The fourth-order valence-corrected chi connectivity index (χ4v) is 2.11. The third kappa shape index (κ3) is 1.62. The van der Waals surface area contributed by atoms with Gasteiger partial charge >= 0.3 is 0 Å². The van der Waals surface area contributed by atoms with Gasteiger partial charge in [-0.05, 0) is 38.3 Å². The van der Waals surface area contributed by atoms with E-state index in [1.165, 1.54) is 0 Å². The van der Waals surface area contributed by atoms with Gasteiger partial charge in [-0.1, -0.05) is 6.92 Å². The molecule has 0 fully saturated rings. The molecule has 1 aromatic carbocycles. The maximum Gasteiger partial charge on any atom is 0.201 e. The molecule has 0 aliphatic rings. The van der Waals surface area contributed by atoms with Crippen molar-refractivity contribution in [2.24, 2.45) is 0 Å². The van der Waals surface area contributed by atoms with Crippen LogP contribution in [0.5, 0.6) is 17.2 Å². The Morgan fingerprint density at radius 2 is 1.46 bits per heavy atom. The number of benzene rings is 1. The van der Waals surface area contributed by atoms with Gasteiger partial charge in [0.1, 0.15) is 0 Å². The number of phenolic OH excluding ortho intramolecular Hbond substituents is 3. The van der Waals surface area contributed by atoms with Crippen LogP contribution in [0.2, 0.25) is 0 Å². The molecule has 1 aromatic rings. The van der Waals surface area contributed by atoms with Crippen LogP contribution in [-0.4, -0.2) is 15.3 Å². The van der Waals surface area contributed by atoms with E-state index in [0.29, 0.717) is 20.9 Å². The van der Waals surface area contributed by atoms with E-state index in [9.17, 15) is 15.3 Å². The van der Waals surface area contributed by atoms with Gasteiger partial charge in [-0.15, -0.1) is 0 Å². The molecule has 72 valence electrons. The third-order valence-corrected chi connectivity index (χ3v) is 3.93. The van der Waals surface area contributed by atoms with Crippen molar-refractivity contribution in [1.82, 2.24) is 0 Å². The van der Waals surface area contributed by atoms with Crippen molar-refractivity contribution >= 4 is 31.9 Å². The van der Waals surface area contributed by atoms with Crippen LogP contribution in [0.1, 0.15) is 12.5 Å². The highest BCUT2D eigenvalue weighted by Gasteiger charge is 2.19. The van der Waals surface area contributed by atoms with E-state index in [1.807, 2.05) is 6.92 Å². The van der Waals surface area contributed by atoms with Crippen LogP contribution >= 0.6 is 31.9 Å². The highest BCUT2D eigenvalue weighted by Crippen LogP contribution is 2.48. The Hall–Kier alpha value is -0.420. The van der Waals surface area contributed by atoms with Crippen LogP contribution in [0.25, 0.3) is 0 Å². The SMILES string of the molecule is CCc1c(O)c(O)c(O)c(Br)c1Br. The maximum atomic E-state index is 9.42. The molecule has 0 saturated carbocycles. The molecule has 3 N–H and O–H groups in total. The first-order valence-electron chi connectivity index (χ1n) is 3.61. The van der Waals surface area contributed by atoms with Crippen molar-refractivity contribution in [3.05, 3.63) is 14.5 Å². The van der Waals surface area contributed by atoms with Crippen molar-refractivity contribution in [1.29, 1.82) is 0 Å². The summed E-state index contributed by atoms with van der Waals surface area (Å²) in [7, 11) is 0. The summed E-state index contributed by atoms with van der Waals surface area (Å²) in [5.41, 5.74) is 0.558. The first kappa shape index (κ1) is 10.7. The Bertz CT molecular complexity index is 321. The molecule has 0 unspecified atom stereocenters. The normalized spacial score (nSPS) is 10.4. The Kier molecular flexibility index (Phi) is 3.08. The van der Waals surface area contributed by atoms with E-state index in [-0.39, 0.29) is 11.5 Å². The largest absolute Gasteiger partial charge is 0.504 e. The minimum absolute atomic E-state index is 0.282. The molecule has 0 heterocycles. The van der Waals surface area contributed by atoms with E-state index in [2.05, 4.69) is 31.9 Å². The van der Waals surface area contributed by atoms with Gasteiger partial charge in [0.05, 0.1) is 4.47 Å². The molecule has 0 aliphatic heterocycles. The van der Waals surface area contributed by atoms with Crippen molar-refractivity contribution in [3.63, 3.8) is 0 Å². The van der Waals surface area contributed by atoms with Crippen molar-refractivity contribution < 1.29 is 15.3 Å². The van der Waals surface area contributed by atoms with Gasteiger partial charge in [0, 0.05) is 10.0 Å². The summed E-state index contributed by atoms with van der Waals surface area (Å²) in [6.07, 6.45) is 0.554. The molecule has 1 rings (SSSR count). The Morgan fingerprint density at radius 3 is 1.92 bits per heavy atom. The summed E-state index contributed by atoms with van der Waals surface area (Å²) in [5.74, 6) is -1.14. The third-order valence-electron chi connectivity index (χ3n) is 1.75. The van der Waals surface area contributed by atoms with Gasteiger partial charge in [-0.2, -0.15) is 0 Å². The average molecular weight is 312 g/mol. The lowest BCUT2D eigenvalue weighted by molar-refractivity contribution is 0.363. The van der Waals surface area contributed by atoms with Crippen LogP contribution in [0.3, 0.4) is 0 Å². The van der Waals surface area contributed by atoms with Gasteiger partial charge in [-0.25, -0.2) is 0 Å². The zero-order valence-electron chi connectivity index (χ0n) is 6.80. The second-order valence-electron chi connectivity index (χ2n) is 2.51. The summed E-state index contributed by atoms with van der Waals surface area (Å²) in [5, 5.41) is 28.0. The Balaban J connectivity index is 3.56. The van der Waals surface area contributed by atoms with Crippen molar-refractivity contribution in [3.8, 4) is 17.2 Å². The molecule has 0 spiro atoms. The predicted octanol–water partition coefficient (Wildman–Crippen LogP) is 2.89. The zero-order valence-corrected chi connectivity index (χ0v) is 9.98. The number of hydrogen-bond acceptors (Lipinski definition) is 3. The molecule has 0 saturated heterocycles. The summed E-state index contributed by atoms with van der Waals surface area (Å²) in [6.45, 7) is 1.84. The smallest absolute Gasteiger partial charge is 0.201 e. The molecule has 3 nitrogen and oxygen atoms in total. The highest BCUT2D eigenvalue weighted by atomic mass is 79.9. The Labute approximate surface area is 92.3 Å². The fourth-order valence-electron chi connectivity index (χ4n) is 1.02. The average Bonchev–Trinajstić information content (AvgIpc) is 2.13. The first-order chi connectivity index (χ1) is 6.00. The molecule has 0 aromatic heterocycles. The van der Waals surface area contributed by atoms with Crippen LogP contribution in [-0.2, 0) is 6.42 Å². The molecule has 5 heteroatoms. The first-order valence-corrected chi connectivity index (χ1v) is 5.20. The van der Waals surface area contributed by atoms with Crippen LogP contribution in [0.15, 0.2) is 8.95 Å². The molecule has 13 heavy (non-hydrogen) atoms. The summed E-state index contributed by atoms with van der Waals surface area (Å²) < 4.78 is 0.905. The van der Waals surface area contributed by atoms with Crippen LogP contribution in [0.4, 0.5) is 0 Å². The summed E-state index contributed by atoms with van der Waals surface area (Å²) in [6, 6.07) is 0. The van der Waals surface area contributed by atoms with Gasteiger partial charge in [0.25, 0.3) is 0 Å². The van der Waals surface area contributed by atoms with E-state index >= 15 is 0 Å². The van der Waals surface area contributed by atoms with Crippen molar-refractivity contribution in [2.45, 2.75) is 13.3 Å². The van der Waals surface area contributed by atoms with Crippen LogP contribution < -0.4 is 0 Å². The van der Waals surface area contributed by atoms with E-state index in [0.717, 1.165) is 0 Å². The Morgan fingerprint density at radius 1 is 0.923 bits per heavy atom. The topological polar surface area (TPSA) is 60.7 Å². The van der Waals surface area contributed by atoms with Gasteiger partial charge in [-0.3, -0.25) is 0 Å². The van der Waals surface area contributed by atoms with E-state index in [4.69, 9.17) is 0 Å². The second kappa shape index (κ2) is 3.75. The number of rotatable bonds is 1. The quantitative estimate of drug-likeness (QED) is 0.699. The van der Waals surface area contributed by atoms with E-state index in [1.54, 1.807) is 0 Å². The van der Waals surface area contributed by atoms with E-state index < -0.39 is 5.75 Å².